The Bertz CT molecular complexity index is 3200. The number of Topliss-reactive ketones (excluding diaryl/α,β-unsaturated/α-hetero) is 7. The standard InChI is InChI=1S/C14H20O.2C13H19NO.C13H18O.2C12H17NO.C5H10O.C4H4N2.C4H10/c1-10(2)13-7-5-6-12(8-13)9-14(15)11(3)4;1-9(2)12-5-11(7-14-8-12)6-13(15)10(3)4;1-9(2)12-7-5-6-11(14-12)8-13(15)10(3)4;1-9(2)11-6-5-7-12(8-11)13(14)10(3)4;1-8(2)10-5-11(7-13-6-10)12(14)9(3)4;1-8(2)10-6-5-7-11(13-10)12(14)9(3)4;1-4(2)5(3)6;1-2-5-4-6-3-1;1-4(2)3/h5-8,10-11H,9H2,1-4H3;5,7-10H,6H2,1-4H3;5-7,9-10H,8H2,1-4H3;5-10H,1-4H3;2*5-9H,1-4H3;4H,1-3H3;1-4H;4H,1-3H3. The van der Waals surface area contributed by atoms with Crippen LogP contribution < -0.4 is 0 Å². The van der Waals surface area contributed by atoms with Crippen molar-refractivity contribution in [1.29, 1.82) is 0 Å². The summed E-state index contributed by atoms with van der Waals surface area (Å²) >= 11 is 0. The van der Waals surface area contributed by atoms with E-state index < -0.39 is 0 Å². The van der Waals surface area contributed by atoms with E-state index in [1.807, 2.05) is 176 Å². The predicted molar refractivity (Wildman–Crippen MR) is 431 cm³/mol. The molecule has 5 heterocycles. The Morgan fingerprint density at radius 1 is 0.311 bits per heavy atom. The van der Waals surface area contributed by atoms with Gasteiger partial charge in [0.05, 0.1) is 0 Å². The van der Waals surface area contributed by atoms with Crippen molar-refractivity contribution >= 4 is 40.5 Å². The molecule has 0 spiro atoms. The van der Waals surface area contributed by atoms with Gasteiger partial charge in [-0.3, -0.25) is 48.5 Å². The van der Waals surface area contributed by atoms with Crippen molar-refractivity contribution in [2.45, 2.75) is 262 Å². The molecule has 5 aromatic heterocycles. The largest absolute Gasteiger partial charge is 0.300 e. The molecule has 103 heavy (non-hydrogen) atoms. The van der Waals surface area contributed by atoms with E-state index in [9.17, 15) is 33.6 Å². The number of carbonyl (C=O) groups excluding carboxylic acids is 7. The van der Waals surface area contributed by atoms with E-state index in [1.165, 1.54) is 23.0 Å². The van der Waals surface area contributed by atoms with Crippen LogP contribution in [0.1, 0.15) is 325 Å². The fourth-order valence-electron chi connectivity index (χ4n) is 8.18. The topological polar surface area (TPSA) is 197 Å². The predicted octanol–water partition coefficient (Wildman–Crippen LogP) is 22.6. The summed E-state index contributed by atoms with van der Waals surface area (Å²) in [5.41, 5.74) is 12.1. The third-order valence-electron chi connectivity index (χ3n) is 15.6. The maximum absolute atomic E-state index is 11.7. The van der Waals surface area contributed by atoms with Crippen molar-refractivity contribution < 1.29 is 33.6 Å². The van der Waals surface area contributed by atoms with Crippen molar-refractivity contribution in [1.82, 2.24) is 29.9 Å². The molecule has 7 rings (SSSR count). The van der Waals surface area contributed by atoms with Crippen LogP contribution in [0.4, 0.5) is 0 Å². The van der Waals surface area contributed by atoms with E-state index in [0.29, 0.717) is 66.2 Å². The fraction of sp³-hybridized carbons (Fsp3) is 0.522. The highest BCUT2D eigenvalue weighted by atomic mass is 16.1. The number of carbonyl (C=O) groups is 7. The third-order valence-corrected chi connectivity index (χ3v) is 15.6. The SMILES string of the molecule is CC(=O)C(C)C.CC(C)C.CC(C)C(=O)Cc1cccc(C(C)C)c1.CC(C)C(=O)Cc1cccc(C(C)C)n1.CC(C)C(=O)Cc1cncc(C(C)C)c1.CC(C)C(=O)c1cccc(C(C)C)c1.CC(C)C(=O)c1cccc(C(C)C)n1.CC(C)C(=O)c1cncc(C(C)C)c1.c1cncnc1. The quantitative estimate of drug-likeness (QED) is 0.0582. The molecular formula is C90H134N6O7. The van der Waals surface area contributed by atoms with Crippen LogP contribution in [0.15, 0.2) is 147 Å². The molecule has 0 fully saturated rings. The van der Waals surface area contributed by atoms with E-state index in [1.54, 1.807) is 43.8 Å². The summed E-state index contributed by atoms with van der Waals surface area (Å²) in [5, 5.41) is 0. The maximum Gasteiger partial charge on any atom is 0.183 e. The van der Waals surface area contributed by atoms with Gasteiger partial charge in [-0.05, 0) is 124 Å². The Hall–Kier alpha value is -8.19. The van der Waals surface area contributed by atoms with E-state index in [2.05, 4.69) is 158 Å². The summed E-state index contributed by atoms with van der Waals surface area (Å²) in [5.74, 6) is 5.81. The molecule has 0 N–H and O–H groups in total. The van der Waals surface area contributed by atoms with Gasteiger partial charge in [0.25, 0.3) is 0 Å². The van der Waals surface area contributed by atoms with Gasteiger partial charge in [-0.25, -0.2) is 15.0 Å². The van der Waals surface area contributed by atoms with Gasteiger partial charge in [0, 0.05) is 126 Å². The van der Waals surface area contributed by atoms with Gasteiger partial charge in [0.2, 0.25) is 0 Å². The van der Waals surface area contributed by atoms with Crippen LogP contribution in [0.3, 0.4) is 0 Å². The van der Waals surface area contributed by atoms with Gasteiger partial charge in [-0.1, -0.05) is 261 Å². The van der Waals surface area contributed by atoms with Crippen LogP contribution in [-0.4, -0.2) is 70.4 Å². The Kier molecular flexibility index (Phi) is 49.6. The van der Waals surface area contributed by atoms with Gasteiger partial charge < -0.3 is 0 Å². The summed E-state index contributed by atoms with van der Waals surface area (Å²) < 4.78 is 0. The minimum absolute atomic E-state index is 0.0184. The Labute approximate surface area is 624 Å². The Balaban J connectivity index is 0. The zero-order valence-electron chi connectivity index (χ0n) is 69.1. The van der Waals surface area contributed by atoms with Gasteiger partial charge in [0.1, 0.15) is 35.2 Å². The van der Waals surface area contributed by atoms with Crippen LogP contribution >= 0.6 is 0 Å². The first-order chi connectivity index (χ1) is 47.9. The number of rotatable bonds is 22. The first-order valence-corrected chi connectivity index (χ1v) is 37.4. The molecule has 2 aromatic carbocycles. The fourth-order valence-corrected chi connectivity index (χ4v) is 8.18. The summed E-state index contributed by atoms with van der Waals surface area (Å²) in [6.07, 6.45) is 13.5. The molecular weight excluding hydrogens is 1280 g/mol. The van der Waals surface area contributed by atoms with Gasteiger partial charge in [-0.2, -0.15) is 0 Å². The van der Waals surface area contributed by atoms with E-state index in [4.69, 9.17) is 0 Å². The monoisotopic (exact) mass is 1410 g/mol. The zero-order chi connectivity index (χ0) is 79.4. The van der Waals surface area contributed by atoms with Crippen molar-refractivity contribution in [3.63, 3.8) is 0 Å². The second kappa shape index (κ2) is 52.7. The van der Waals surface area contributed by atoms with Crippen molar-refractivity contribution in [2.75, 3.05) is 0 Å². The van der Waals surface area contributed by atoms with Gasteiger partial charge in [-0.15, -0.1) is 0 Å². The second-order valence-electron chi connectivity index (χ2n) is 30.8. The minimum atomic E-state index is 0.0184. The molecule has 13 heteroatoms. The van der Waals surface area contributed by atoms with Gasteiger partial charge >= 0.3 is 0 Å². The first kappa shape index (κ1) is 96.9. The highest BCUT2D eigenvalue weighted by molar-refractivity contribution is 5.98. The number of benzene rings is 2. The second-order valence-corrected chi connectivity index (χ2v) is 30.8. The highest BCUT2D eigenvalue weighted by Gasteiger charge is 2.17. The summed E-state index contributed by atoms with van der Waals surface area (Å²) in [6.45, 7) is 60.4. The van der Waals surface area contributed by atoms with E-state index in [0.717, 1.165) is 50.8 Å². The average molecular weight is 1410 g/mol. The van der Waals surface area contributed by atoms with E-state index in [-0.39, 0.29) is 76.1 Å². The van der Waals surface area contributed by atoms with Crippen molar-refractivity contribution in [3.8, 4) is 0 Å². The number of pyridine rings is 4. The first-order valence-electron chi connectivity index (χ1n) is 37.4. The van der Waals surface area contributed by atoms with Crippen LogP contribution in [0.2, 0.25) is 0 Å². The zero-order valence-corrected chi connectivity index (χ0v) is 69.1. The normalized spacial score (nSPS) is 10.7. The molecule has 0 saturated heterocycles. The van der Waals surface area contributed by atoms with Crippen LogP contribution in [-0.2, 0) is 38.4 Å². The third kappa shape index (κ3) is 44.2. The summed E-state index contributed by atoms with van der Waals surface area (Å²) in [6, 6.07) is 33.6. The number of aromatic nitrogens is 6. The average Bonchev–Trinajstić information content (AvgIpc) is 0.683. The van der Waals surface area contributed by atoms with Crippen LogP contribution in [0.25, 0.3) is 0 Å². The molecule has 0 amide bonds. The molecule has 0 aliphatic carbocycles. The molecule has 0 aliphatic heterocycles. The number of hydrogen-bond donors (Lipinski definition) is 0. The number of ketones is 7. The maximum atomic E-state index is 11.7. The molecule has 13 nitrogen and oxygen atoms in total. The Morgan fingerprint density at radius 3 is 1.09 bits per heavy atom. The van der Waals surface area contributed by atoms with Crippen molar-refractivity contribution in [2.24, 2.45) is 47.3 Å². The lowest BCUT2D eigenvalue weighted by atomic mass is 9.96. The summed E-state index contributed by atoms with van der Waals surface area (Å²) in [4.78, 5) is 104. The number of nitrogens with zero attached hydrogens (tertiary/aromatic N) is 6. The van der Waals surface area contributed by atoms with E-state index >= 15 is 0 Å². The molecule has 0 radical (unpaired) electrons. The lowest BCUT2D eigenvalue weighted by Gasteiger charge is -2.08. The van der Waals surface area contributed by atoms with Gasteiger partial charge in [0.15, 0.2) is 17.3 Å². The van der Waals surface area contributed by atoms with Crippen LogP contribution in [0, 0.1) is 47.3 Å². The molecule has 7 aromatic rings. The molecule has 566 valence electrons. The highest BCUT2D eigenvalue weighted by Crippen LogP contribution is 2.21. The molecule has 0 unspecified atom stereocenters. The molecule has 0 aliphatic rings. The molecule has 0 saturated carbocycles. The number of hydrogen-bond acceptors (Lipinski definition) is 13. The lowest BCUT2D eigenvalue weighted by Crippen LogP contribution is -2.11. The molecule has 0 atom stereocenters. The van der Waals surface area contributed by atoms with Crippen LogP contribution in [0.5, 0.6) is 0 Å². The van der Waals surface area contributed by atoms with Crippen molar-refractivity contribution in [3.05, 3.63) is 214 Å². The smallest absolute Gasteiger partial charge is 0.183 e. The minimum Gasteiger partial charge on any atom is -0.300 e. The Morgan fingerprint density at radius 2 is 0.680 bits per heavy atom. The summed E-state index contributed by atoms with van der Waals surface area (Å²) in [7, 11) is 0. The molecule has 0 bridgehead atoms. The lowest BCUT2D eigenvalue weighted by molar-refractivity contribution is -0.122.